The smallest absolute Gasteiger partial charge is 0.255 e. The number of rotatable bonds is 7. The molecule has 1 amide bonds. The molecule has 1 aromatic carbocycles. The predicted octanol–water partition coefficient (Wildman–Crippen LogP) is 2.93. The van der Waals surface area contributed by atoms with Crippen LogP contribution >= 0.6 is 11.6 Å². The lowest BCUT2D eigenvalue weighted by molar-refractivity contribution is 0.0949. The lowest BCUT2D eigenvalue weighted by atomic mass is 10.1. The molecule has 0 saturated carbocycles. The van der Waals surface area contributed by atoms with Crippen molar-refractivity contribution in [1.29, 1.82) is 0 Å². The highest BCUT2D eigenvalue weighted by Gasteiger charge is 2.19. The van der Waals surface area contributed by atoms with Gasteiger partial charge in [-0.2, -0.15) is 5.10 Å². The highest BCUT2D eigenvalue weighted by Crippen LogP contribution is 2.19. The third kappa shape index (κ3) is 4.36. The van der Waals surface area contributed by atoms with Crippen molar-refractivity contribution in [3.05, 3.63) is 51.8 Å². The molecule has 130 valence electrons. The van der Waals surface area contributed by atoms with Crippen LogP contribution in [0.25, 0.3) is 0 Å². The summed E-state index contributed by atoms with van der Waals surface area (Å²) < 4.78 is 1.83. The molecular weight excluding hydrogens is 324 g/mol. The molecule has 6 heteroatoms. The van der Waals surface area contributed by atoms with E-state index < -0.39 is 0 Å². The van der Waals surface area contributed by atoms with E-state index in [0.717, 1.165) is 23.5 Å². The highest BCUT2D eigenvalue weighted by molar-refractivity contribution is 6.31. The molecule has 2 N–H and O–H groups in total. The summed E-state index contributed by atoms with van der Waals surface area (Å²) in [5, 5.41) is 11.5. The van der Waals surface area contributed by atoms with Crippen molar-refractivity contribution in [2.45, 2.75) is 40.3 Å². The molecule has 0 unspecified atom stereocenters. The molecule has 1 atom stereocenters. The maximum atomic E-state index is 12.5. The minimum absolute atomic E-state index is 0.0832. The Morgan fingerprint density at radius 1 is 1.33 bits per heavy atom. The first-order valence-electron chi connectivity index (χ1n) is 8.23. The van der Waals surface area contributed by atoms with Crippen LogP contribution < -0.4 is 10.6 Å². The van der Waals surface area contributed by atoms with Crippen molar-refractivity contribution in [1.82, 2.24) is 20.4 Å². The molecule has 2 rings (SSSR count). The zero-order chi connectivity index (χ0) is 17.7. The van der Waals surface area contributed by atoms with Crippen molar-refractivity contribution in [2.24, 2.45) is 0 Å². The summed E-state index contributed by atoms with van der Waals surface area (Å²) in [6.07, 6.45) is 0. The molecule has 0 fully saturated rings. The van der Waals surface area contributed by atoms with Crippen molar-refractivity contribution in [3.8, 4) is 0 Å². The monoisotopic (exact) mass is 348 g/mol. The quantitative estimate of drug-likeness (QED) is 0.808. The topological polar surface area (TPSA) is 58.9 Å². The van der Waals surface area contributed by atoms with Crippen LogP contribution in [0.1, 0.15) is 41.2 Å². The molecule has 24 heavy (non-hydrogen) atoms. The fourth-order valence-corrected chi connectivity index (χ4v) is 2.92. The van der Waals surface area contributed by atoms with Crippen molar-refractivity contribution < 1.29 is 4.79 Å². The molecule has 0 bridgehead atoms. The van der Waals surface area contributed by atoms with Crippen LogP contribution in [-0.2, 0) is 6.54 Å². The number of benzene rings is 1. The number of hydrogen-bond donors (Lipinski definition) is 2. The van der Waals surface area contributed by atoms with Crippen LogP contribution in [0.3, 0.4) is 0 Å². The van der Waals surface area contributed by atoms with Gasteiger partial charge in [0.1, 0.15) is 0 Å². The van der Waals surface area contributed by atoms with Crippen LogP contribution in [0.5, 0.6) is 0 Å². The molecule has 5 nitrogen and oxygen atoms in total. The lowest BCUT2D eigenvalue weighted by Gasteiger charge is -2.13. The standard InChI is InChI=1S/C18H25ClN4O/c1-5-20-12(2)10-21-18(24)17-13(3)22-23(14(17)4)11-15-8-6-7-9-16(15)19/h6-9,12,20H,5,10-11H2,1-4H3,(H,21,24)/t12-/m1/s1. The van der Waals surface area contributed by atoms with Gasteiger partial charge in [-0.1, -0.05) is 36.7 Å². The van der Waals surface area contributed by atoms with E-state index in [-0.39, 0.29) is 11.9 Å². The van der Waals surface area contributed by atoms with Gasteiger partial charge in [0.15, 0.2) is 0 Å². The summed E-state index contributed by atoms with van der Waals surface area (Å²) in [5.74, 6) is -0.0832. The van der Waals surface area contributed by atoms with Gasteiger partial charge in [0, 0.05) is 23.3 Å². The number of aromatic nitrogens is 2. The van der Waals surface area contributed by atoms with E-state index in [1.54, 1.807) is 0 Å². The van der Waals surface area contributed by atoms with Crippen LogP contribution in [-0.4, -0.2) is 34.8 Å². The molecule has 0 aliphatic carbocycles. The SMILES string of the molecule is CCN[C@H](C)CNC(=O)c1c(C)nn(Cc2ccccc2Cl)c1C. The first kappa shape index (κ1) is 18.5. The Hall–Kier alpha value is -1.85. The Morgan fingerprint density at radius 2 is 2.04 bits per heavy atom. The largest absolute Gasteiger partial charge is 0.350 e. The van der Waals surface area contributed by atoms with Gasteiger partial charge in [0.2, 0.25) is 0 Å². The summed E-state index contributed by atoms with van der Waals surface area (Å²) >= 11 is 6.22. The van der Waals surface area contributed by atoms with E-state index in [1.807, 2.05) is 56.6 Å². The predicted molar refractivity (Wildman–Crippen MR) is 97.7 cm³/mol. The maximum Gasteiger partial charge on any atom is 0.255 e. The summed E-state index contributed by atoms with van der Waals surface area (Å²) in [7, 11) is 0. The van der Waals surface area contributed by atoms with E-state index in [0.29, 0.717) is 23.7 Å². The van der Waals surface area contributed by atoms with Crippen molar-refractivity contribution in [3.63, 3.8) is 0 Å². The molecule has 1 heterocycles. The van der Waals surface area contributed by atoms with Gasteiger partial charge in [-0.15, -0.1) is 0 Å². The average Bonchev–Trinajstić information content (AvgIpc) is 2.82. The second-order valence-corrected chi connectivity index (χ2v) is 6.37. The number of aryl methyl sites for hydroxylation is 1. The molecule has 0 aliphatic heterocycles. The van der Waals surface area contributed by atoms with Gasteiger partial charge in [0.05, 0.1) is 17.8 Å². The minimum atomic E-state index is -0.0832. The number of carbonyl (C=O) groups excluding carboxylic acids is 1. The van der Waals surface area contributed by atoms with Crippen molar-refractivity contribution >= 4 is 17.5 Å². The summed E-state index contributed by atoms with van der Waals surface area (Å²) in [4.78, 5) is 12.5. The lowest BCUT2D eigenvalue weighted by Crippen LogP contribution is -2.39. The number of amides is 1. The molecular formula is C18H25ClN4O. The van der Waals surface area contributed by atoms with Gasteiger partial charge >= 0.3 is 0 Å². The summed E-state index contributed by atoms with van der Waals surface area (Å²) in [6, 6.07) is 7.91. The number of halogens is 1. The van der Waals surface area contributed by atoms with Gasteiger partial charge in [-0.3, -0.25) is 9.48 Å². The fourth-order valence-electron chi connectivity index (χ4n) is 2.72. The van der Waals surface area contributed by atoms with Crippen LogP contribution in [0, 0.1) is 13.8 Å². The Balaban J connectivity index is 2.14. The minimum Gasteiger partial charge on any atom is -0.350 e. The molecule has 0 spiro atoms. The Labute approximate surface area is 148 Å². The number of likely N-dealkylation sites (N-methyl/N-ethyl adjacent to an activating group) is 1. The summed E-state index contributed by atoms with van der Waals surface area (Å²) in [6.45, 7) is 9.88. The zero-order valence-corrected chi connectivity index (χ0v) is 15.4. The number of nitrogens with one attached hydrogen (secondary N) is 2. The van der Waals surface area contributed by atoms with Crippen LogP contribution in [0.15, 0.2) is 24.3 Å². The molecule has 0 saturated heterocycles. The van der Waals surface area contributed by atoms with E-state index >= 15 is 0 Å². The maximum absolute atomic E-state index is 12.5. The van der Waals surface area contributed by atoms with Gasteiger partial charge in [-0.05, 0) is 38.9 Å². The average molecular weight is 349 g/mol. The Morgan fingerprint density at radius 3 is 2.71 bits per heavy atom. The van der Waals surface area contributed by atoms with Crippen LogP contribution in [0.4, 0.5) is 0 Å². The molecule has 0 radical (unpaired) electrons. The number of carbonyl (C=O) groups is 1. The van der Waals surface area contributed by atoms with E-state index in [1.165, 1.54) is 0 Å². The highest BCUT2D eigenvalue weighted by atomic mass is 35.5. The van der Waals surface area contributed by atoms with E-state index in [4.69, 9.17) is 11.6 Å². The Bertz CT molecular complexity index is 711. The second kappa shape index (κ2) is 8.31. The molecule has 1 aromatic heterocycles. The van der Waals surface area contributed by atoms with E-state index in [9.17, 15) is 4.79 Å². The first-order valence-corrected chi connectivity index (χ1v) is 8.60. The third-order valence-corrected chi connectivity index (χ3v) is 4.38. The number of hydrogen-bond acceptors (Lipinski definition) is 3. The second-order valence-electron chi connectivity index (χ2n) is 5.96. The van der Waals surface area contributed by atoms with Crippen LogP contribution in [0.2, 0.25) is 5.02 Å². The molecule has 2 aromatic rings. The van der Waals surface area contributed by atoms with E-state index in [2.05, 4.69) is 15.7 Å². The summed E-state index contributed by atoms with van der Waals surface area (Å²) in [5.41, 5.74) is 3.21. The molecule has 0 aliphatic rings. The number of nitrogens with zero attached hydrogens (tertiary/aromatic N) is 2. The fraction of sp³-hybridized carbons (Fsp3) is 0.444. The zero-order valence-electron chi connectivity index (χ0n) is 14.7. The Kier molecular flexibility index (Phi) is 6.40. The van der Waals surface area contributed by atoms with Gasteiger partial charge in [-0.25, -0.2) is 0 Å². The third-order valence-electron chi connectivity index (χ3n) is 4.01. The first-order chi connectivity index (χ1) is 11.4. The van der Waals surface area contributed by atoms with Gasteiger partial charge < -0.3 is 10.6 Å². The normalized spacial score (nSPS) is 12.2. The van der Waals surface area contributed by atoms with Crippen molar-refractivity contribution in [2.75, 3.05) is 13.1 Å². The van der Waals surface area contributed by atoms with Gasteiger partial charge in [0.25, 0.3) is 5.91 Å².